The first kappa shape index (κ1) is 22.3. The molecule has 1 amide bonds. The summed E-state index contributed by atoms with van der Waals surface area (Å²) in [5.41, 5.74) is 0.579. The lowest BCUT2D eigenvalue weighted by atomic mass is 10.1. The molecule has 1 fully saturated rings. The third kappa shape index (κ3) is 4.63. The molecule has 10 nitrogen and oxygen atoms in total. The molecule has 0 saturated carbocycles. The average Bonchev–Trinajstić information content (AvgIpc) is 2.88. The van der Waals surface area contributed by atoms with E-state index in [0.29, 0.717) is 54.5 Å². The molecule has 0 atom stereocenters. The number of hydrogen-bond donors (Lipinski definition) is 1. The van der Waals surface area contributed by atoms with Crippen LogP contribution in [0.1, 0.15) is 16.1 Å². The zero-order valence-corrected chi connectivity index (χ0v) is 19.4. The molecule has 0 radical (unpaired) electrons. The highest BCUT2D eigenvalue weighted by atomic mass is 16.5. The number of carbonyl (C=O) groups excluding carboxylic acids is 1. The maximum Gasteiger partial charge on any atom is 0.349 e. The minimum atomic E-state index is -0.675. The smallest absolute Gasteiger partial charge is 0.349 e. The molecule has 5 rings (SSSR count). The molecule has 4 aromatic rings. The molecule has 1 aliphatic rings. The van der Waals surface area contributed by atoms with Crippen LogP contribution in [0.4, 0.5) is 17.5 Å². The topological polar surface area (TPSA) is 114 Å². The number of piperazine rings is 1. The lowest BCUT2D eigenvalue weighted by Gasteiger charge is -2.35. The Morgan fingerprint density at radius 2 is 1.80 bits per heavy atom. The monoisotopic (exact) mass is 472 g/mol. The number of anilines is 3. The predicted octanol–water partition coefficient (Wildman–Crippen LogP) is 3.00. The van der Waals surface area contributed by atoms with Gasteiger partial charge >= 0.3 is 5.63 Å². The summed E-state index contributed by atoms with van der Waals surface area (Å²) >= 11 is 0. The second kappa shape index (κ2) is 9.41. The van der Waals surface area contributed by atoms with E-state index in [9.17, 15) is 9.59 Å². The molecular formula is C25H24N6O4. The number of para-hydroxylation sites is 1. The van der Waals surface area contributed by atoms with Gasteiger partial charge in [-0.15, -0.1) is 10.2 Å². The van der Waals surface area contributed by atoms with E-state index in [2.05, 4.69) is 25.4 Å². The van der Waals surface area contributed by atoms with E-state index in [0.717, 1.165) is 11.5 Å². The minimum absolute atomic E-state index is 0.0131. The molecule has 1 N–H and O–H groups in total. The molecule has 3 aromatic heterocycles. The number of nitrogens with one attached hydrogen (secondary N) is 1. The number of hydrogen-bond acceptors (Lipinski definition) is 9. The van der Waals surface area contributed by atoms with Crippen LogP contribution >= 0.6 is 0 Å². The number of carbonyl (C=O) groups is 1. The van der Waals surface area contributed by atoms with Gasteiger partial charge in [-0.1, -0.05) is 18.2 Å². The lowest BCUT2D eigenvalue weighted by molar-refractivity contribution is 0.0742. The van der Waals surface area contributed by atoms with Crippen molar-refractivity contribution in [3.05, 3.63) is 76.3 Å². The molecule has 4 heterocycles. The Hall–Kier alpha value is -4.47. The summed E-state index contributed by atoms with van der Waals surface area (Å²) in [6.45, 7) is 3.96. The van der Waals surface area contributed by atoms with Crippen LogP contribution in [0.3, 0.4) is 0 Å². The fourth-order valence-corrected chi connectivity index (χ4v) is 4.04. The molecule has 1 aliphatic heterocycles. The van der Waals surface area contributed by atoms with Crippen molar-refractivity contribution < 1.29 is 13.9 Å². The number of fused-ring (bicyclic) bond motifs is 1. The zero-order chi connectivity index (χ0) is 24.4. The number of benzene rings is 1. The van der Waals surface area contributed by atoms with Gasteiger partial charge in [0, 0.05) is 37.3 Å². The summed E-state index contributed by atoms with van der Waals surface area (Å²) in [5, 5.41) is 12.3. The first-order valence-corrected chi connectivity index (χ1v) is 11.2. The van der Waals surface area contributed by atoms with Gasteiger partial charge in [-0.2, -0.15) is 0 Å². The molecule has 0 unspecified atom stereocenters. The third-order valence-corrected chi connectivity index (χ3v) is 5.86. The molecule has 1 aromatic carbocycles. The highest BCUT2D eigenvalue weighted by Gasteiger charge is 2.26. The van der Waals surface area contributed by atoms with E-state index < -0.39 is 5.63 Å². The standard InChI is InChI=1S/C25H24N6O4/c1-16-5-3-8-20(26-16)27-21-9-10-22(29-28-21)30-11-13-31(14-12-30)24(32)18-15-17-6-4-7-19(34-2)23(17)35-25(18)33/h3-10,15H,11-14H2,1-2H3,(H,26,27,28). The minimum Gasteiger partial charge on any atom is -0.493 e. The van der Waals surface area contributed by atoms with E-state index >= 15 is 0 Å². The van der Waals surface area contributed by atoms with E-state index in [1.165, 1.54) is 7.11 Å². The molecule has 0 bridgehead atoms. The number of aryl methyl sites for hydroxylation is 1. The summed E-state index contributed by atoms with van der Waals surface area (Å²) in [5.74, 6) is 2.12. The molecule has 10 heteroatoms. The molecule has 0 aliphatic carbocycles. The van der Waals surface area contributed by atoms with Crippen LogP contribution in [0.25, 0.3) is 11.0 Å². The van der Waals surface area contributed by atoms with Gasteiger partial charge in [0.25, 0.3) is 5.91 Å². The Labute approximate surface area is 201 Å². The SMILES string of the molecule is COc1cccc2cc(C(=O)N3CCN(c4ccc(Nc5cccc(C)n5)nn4)CC3)c(=O)oc12. The maximum absolute atomic E-state index is 13.1. The van der Waals surface area contributed by atoms with E-state index in [1.807, 2.05) is 37.3 Å². The number of methoxy groups -OCH3 is 1. The Morgan fingerprint density at radius 3 is 2.51 bits per heavy atom. The van der Waals surface area contributed by atoms with Crippen molar-refractivity contribution in [2.45, 2.75) is 6.92 Å². The van der Waals surface area contributed by atoms with Crippen molar-refractivity contribution in [1.29, 1.82) is 0 Å². The van der Waals surface area contributed by atoms with Gasteiger partial charge in [-0.3, -0.25) is 4.79 Å². The number of nitrogens with zero attached hydrogens (tertiary/aromatic N) is 5. The summed E-state index contributed by atoms with van der Waals surface area (Å²) in [6, 6.07) is 16.3. The Bertz CT molecular complexity index is 1430. The van der Waals surface area contributed by atoms with Crippen molar-refractivity contribution in [1.82, 2.24) is 20.1 Å². The van der Waals surface area contributed by atoms with Gasteiger partial charge in [-0.05, 0) is 43.3 Å². The second-order valence-electron chi connectivity index (χ2n) is 8.17. The maximum atomic E-state index is 13.1. The second-order valence-corrected chi connectivity index (χ2v) is 8.17. The number of aromatic nitrogens is 3. The van der Waals surface area contributed by atoms with Gasteiger partial charge in [-0.25, -0.2) is 9.78 Å². The van der Waals surface area contributed by atoms with Crippen molar-refractivity contribution in [3.63, 3.8) is 0 Å². The number of ether oxygens (including phenoxy) is 1. The summed E-state index contributed by atoms with van der Waals surface area (Å²) in [4.78, 5) is 33.7. The lowest BCUT2D eigenvalue weighted by Crippen LogP contribution is -2.49. The fourth-order valence-electron chi connectivity index (χ4n) is 4.04. The highest BCUT2D eigenvalue weighted by molar-refractivity contribution is 5.97. The summed E-state index contributed by atoms with van der Waals surface area (Å²) in [7, 11) is 1.50. The van der Waals surface area contributed by atoms with Gasteiger partial charge < -0.3 is 24.3 Å². The Balaban J connectivity index is 1.24. The van der Waals surface area contributed by atoms with Crippen LogP contribution < -0.4 is 20.6 Å². The quantitative estimate of drug-likeness (QED) is 0.438. The van der Waals surface area contributed by atoms with Gasteiger partial charge in [0.15, 0.2) is 23.0 Å². The summed E-state index contributed by atoms with van der Waals surface area (Å²) in [6.07, 6.45) is 0. The Morgan fingerprint density at radius 1 is 1.00 bits per heavy atom. The number of pyridine rings is 1. The Kier molecular flexibility index (Phi) is 6.01. The van der Waals surface area contributed by atoms with Crippen molar-refractivity contribution in [2.24, 2.45) is 0 Å². The van der Waals surface area contributed by atoms with Gasteiger partial charge in [0.1, 0.15) is 11.4 Å². The molecule has 0 spiro atoms. The van der Waals surface area contributed by atoms with E-state index in [4.69, 9.17) is 9.15 Å². The fraction of sp³-hybridized carbons (Fsp3) is 0.240. The van der Waals surface area contributed by atoms with Crippen LogP contribution in [0.5, 0.6) is 5.75 Å². The molecule has 35 heavy (non-hydrogen) atoms. The van der Waals surface area contributed by atoms with Crippen LogP contribution in [-0.4, -0.2) is 59.3 Å². The van der Waals surface area contributed by atoms with E-state index in [1.54, 1.807) is 29.2 Å². The average molecular weight is 473 g/mol. The van der Waals surface area contributed by atoms with Crippen LogP contribution in [0, 0.1) is 6.92 Å². The van der Waals surface area contributed by atoms with Gasteiger partial charge in [0.2, 0.25) is 0 Å². The first-order chi connectivity index (χ1) is 17.0. The molecule has 1 saturated heterocycles. The third-order valence-electron chi connectivity index (χ3n) is 5.86. The van der Waals surface area contributed by atoms with E-state index in [-0.39, 0.29) is 11.5 Å². The zero-order valence-electron chi connectivity index (χ0n) is 19.4. The van der Waals surface area contributed by atoms with Gasteiger partial charge in [0.05, 0.1) is 7.11 Å². The normalized spacial score (nSPS) is 13.7. The highest BCUT2D eigenvalue weighted by Crippen LogP contribution is 2.25. The number of rotatable bonds is 5. The van der Waals surface area contributed by atoms with Crippen LogP contribution in [0.2, 0.25) is 0 Å². The van der Waals surface area contributed by atoms with Crippen molar-refractivity contribution in [2.75, 3.05) is 43.5 Å². The van der Waals surface area contributed by atoms with Crippen molar-refractivity contribution >= 4 is 34.3 Å². The summed E-state index contributed by atoms with van der Waals surface area (Å²) < 4.78 is 10.7. The molecular weight excluding hydrogens is 448 g/mol. The van der Waals surface area contributed by atoms with Crippen LogP contribution in [0.15, 0.2) is 63.8 Å². The van der Waals surface area contributed by atoms with Crippen molar-refractivity contribution in [3.8, 4) is 5.75 Å². The predicted molar refractivity (Wildman–Crippen MR) is 131 cm³/mol. The van der Waals surface area contributed by atoms with Crippen LogP contribution in [-0.2, 0) is 0 Å². The first-order valence-electron chi connectivity index (χ1n) is 11.2. The molecule has 178 valence electrons. The largest absolute Gasteiger partial charge is 0.493 e. The number of amides is 1.